The second kappa shape index (κ2) is 11.5. The highest BCUT2D eigenvalue weighted by molar-refractivity contribution is 5.95. The number of halogens is 1. The number of carbonyl (C=O) groups excluding carboxylic acids is 3. The van der Waals surface area contributed by atoms with E-state index in [-0.39, 0.29) is 41.8 Å². The molecule has 0 bridgehead atoms. The van der Waals surface area contributed by atoms with Gasteiger partial charge in [-0.2, -0.15) is 0 Å². The molecule has 36 heavy (non-hydrogen) atoms. The minimum Gasteiger partial charge on any atom is -0.368 e. The van der Waals surface area contributed by atoms with Crippen LogP contribution in [0.1, 0.15) is 49.9 Å². The highest BCUT2D eigenvalue weighted by Crippen LogP contribution is 2.27. The van der Waals surface area contributed by atoms with Crippen molar-refractivity contribution in [2.45, 2.75) is 45.6 Å². The summed E-state index contributed by atoms with van der Waals surface area (Å²) >= 11 is 0. The van der Waals surface area contributed by atoms with Crippen LogP contribution in [0.15, 0.2) is 48.5 Å². The summed E-state index contributed by atoms with van der Waals surface area (Å²) in [5.74, 6) is -0.861. The lowest BCUT2D eigenvalue weighted by molar-refractivity contribution is -0.140. The number of hydrogen-bond donors (Lipinski definition) is 1. The van der Waals surface area contributed by atoms with Gasteiger partial charge in [0.2, 0.25) is 11.8 Å². The first-order valence-electron chi connectivity index (χ1n) is 12.8. The van der Waals surface area contributed by atoms with E-state index >= 15 is 0 Å². The van der Waals surface area contributed by atoms with Gasteiger partial charge in [-0.25, -0.2) is 4.39 Å². The first kappa shape index (κ1) is 25.7. The molecule has 8 heteroatoms. The molecule has 2 aliphatic rings. The van der Waals surface area contributed by atoms with Crippen LogP contribution in [0.5, 0.6) is 0 Å². The Hall–Kier alpha value is -3.42. The summed E-state index contributed by atoms with van der Waals surface area (Å²) in [6, 6.07) is 13.6. The van der Waals surface area contributed by atoms with Crippen LogP contribution in [0.25, 0.3) is 0 Å². The smallest absolute Gasteiger partial charge is 0.256 e. The Bertz CT molecular complexity index is 1070. The molecule has 2 fully saturated rings. The number of rotatable bonds is 7. The van der Waals surface area contributed by atoms with E-state index in [0.717, 1.165) is 31.4 Å². The zero-order valence-electron chi connectivity index (χ0n) is 21.1. The van der Waals surface area contributed by atoms with Crippen LogP contribution in [0.2, 0.25) is 0 Å². The SMILES string of the molecule is CC(C)N(CC(=O)Nc1ccc(N2CCN(C(=O)c3ccccc3F)CC2)cc1)C(=O)C1CCCC1. The van der Waals surface area contributed by atoms with Crippen LogP contribution in [0.3, 0.4) is 0 Å². The Labute approximate surface area is 212 Å². The molecule has 1 aliphatic carbocycles. The van der Waals surface area contributed by atoms with Gasteiger partial charge in [-0.3, -0.25) is 14.4 Å². The van der Waals surface area contributed by atoms with Crippen molar-refractivity contribution in [1.82, 2.24) is 9.80 Å². The quantitative estimate of drug-likeness (QED) is 0.628. The molecule has 192 valence electrons. The van der Waals surface area contributed by atoms with Gasteiger partial charge < -0.3 is 20.0 Å². The van der Waals surface area contributed by atoms with Crippen molar-refractivity contribution < 1.29 is 18.8 Å². The lowest BCUT2D eigenvalue weighted by Crippen LogP contribution is -2.49. The molecule has 2 aromatic carbocycles. The summed E-state index contributed by atoms with van der Waals surface area (Å²) in [6.07, 6.45) is 3.99. The lowest BCUT2D eigenvalue weighted by Gasteiger charge is -2.36. The van der Waals surface area contributed by atoms with E-state index in [0.29, 0.717) is 31.9 Å². The van der Waals surface area contributed by atoms with E-state index in [1.807, 2.05) is 38.1 Å². The minimum atomic E-state index is -0.498. The molecule has 1 aliphatic heterocycles. The van der Waals surface area contributed by atoms with Crippen molar-refractivity contribution in [3.05, 3.63) is 59.9 Å². The molecule has 1 saturated heterocycles. The van der Waals surface area contributed by atoms with Gasteiger partial charge in [-0.05, 0) is 63.1 Å². The Morgan fingerprint density at radius 2 is 1.61 bits per heavy atom. The fourth-order valence-corrected chi connectivity index (χ4v) is 5.01. The molecule has 0 atom stereocenters. The highest BCUT2D eigenvalue weighted by Gasteiger charge is 2.30. The molecule has 1 N–H and O–H groups in total. The van der Waals surface area contributed by atoms with Gasteiger partial charge in [0.15, 0.2) is 0 Å². The molecule has 3 amide bonds. The van der Waals surface area contributed by atoms with Crippen LogP contribution < -0.4 is 10.2 Å². The Morgan fingerprint density at radius 1 is 0.972 bits per heavy atom. The molecule has 0 spiro atoms. The monoisotopic (exact) mass is 494 g/mol. The van der Waals surface area contributed by atoms with Gasteiger partial charge in [0.05, 0.1) is 5.56 Å². The van der Waals surface area contributed by atoms with Gasteiger partial charge >= 0.3 is 0 Å². The lowest BCUT2D eigenvalue weighted by atomic mass is 10.1. The molecular formula is C28H35FN4O3. The van der Waals surface area contributed by atoms with E-state index in [1.165, 1.54) is 12.1 Å². The molecule has 1 saturated carbocycles. The predicted octanol–water partition coefficient (Wildman–Crippen LogP) is 4.15. The van der Waals surface area contributed by atoms with E-state index in [4.69, 9.17) is 0 Å². The van der Waals surface area contributed by atoms with Crippen LogP contribution in [0, 0.1) is 11.7 Å². The van der Waals surface area contributed by atoms with Crippen LogP contribution >= 0.6 is 0 Å². The number of carbonyl (C=O) groups is 3. The number of anilines is 2. The highest BCUT2D eigenvalue weighted by atomic mass is 19.1. The summed E-state index contributed by atoms with van der Waals surface area (Å²) in [4.78, 5) is 43.7. The standard InChI is InChI=1S/C28H35FN4O3/c1-20(2)33(27(35)21-7-3-4-8-21)19-26(34)30-22-11-13-23(14-12-22)31-15-17-32(18-16-31)28(36)24-9-5-6-10-25(24)29/h5-6,9-14,20-21H,3-4,7-8,15-19H2,1-2H3,(H,30,34). The van der Waals surface area contributed by atoms with Gasteiger partial charge in [0, 0.05) is 49.5 Å². The van der Waals surface area contributed by atoms with Gasteiger partial charge in [0.1, 0.15) is 12.4 Å². The summed E-state index contributed by atoms with van der Waals surface area (Å²) in [5.41, 5.74) is 1.77. The maximum absolute atomic E-state index is 14.0. The van der Waals surface area contributed by atoms with Crippen LogP contribution in [-0.2, 0) is 9.59 Å². The minimum absolute atomic E-state index is 0.0323. The number of benzene rings is 2. The van der Waals surface area contributed by atoms with Crippen molar-refractivity contribution in [2.75, 3.05) is 42.9 Å². The van der Waals surface area contributed by atoms with Gasteiger partial charge in [-0.15, -0.1) is 0 Å². The summed E-state index contributed by atoms with van der Waals surface area (Å²) < 4.78 is 14.0. The molecular weight excluding hydrogens is 459 g/mol. The van der Waals surface area contributed by atoms with Crippen LogP contribution in [0.4, 0.5) is 15.8 Å². The Balaban J connectivity index is 1.29. The third kappa shape index (κ3) is 6.04. The first-order valence-corrected chi connectivity index (χ1v) is 12.8. The second-order valence-corrected chi connectivity index (χ2v) is 9.90. The van der Waals surface area contributed by atoms with E-state index in [1.54, 1.807) is 21.9 Å². The van der Waals surface area contributed by atoms with Crippen molar-refractivity contribution in [3.8, 4) is 0 Å². The summed E-state index contributed by atoms with van der Waals surface area (Å²) in [5, 5.41) is 2.91. The van der Waals surface area contributed by atoms with Crippen molar-refractivity contribution in [1.29, 1.82) is 0 Å². The molecule has 0 radical (unpaired) electrons. The Morgan fingerprint density at radius 3 is 2.22 bits per heavy atom. The van der Waals surface area contributed by atoms with E-state index in [2.05, 4.69) is 10.2 Å². The number of nitrogens with one attached hydrogen (secondary N) is 1. The molecule has 0 aromatic heterocycles. The van der Waals surface area contributed by atoms with Gasteiger partial charge in [0.25, 0.3) is 5.91 Å². The average Bonchev–Trinajstić information content (AvgIpc) is 3.42. The van der Waals surface area contributed by atoms with Gasteiger partial charge in [-0.1, -0.05) is 25.0 Å². The molecule has 0 unspecified atom stereocenters. The van der Waals surface area contributed by atoms with E-state index in [9.17, 15) is 18.8 Å². The molecule has 7 nitrogen and oxygen atoms in total. The zero-order chi connectivity index (χ0) is 25.7. The molecule has 4 rings (SSSR count). The third-order valence-electron chi connectivity index (χ3n) is 7.11. The average molecular weight is 495 g/mol. The van der Waals surface area contributed by atoms with E-state index < -0.39 is 5.82 Å². The maximum atomic E-state index is 14.0. The number of hydrogen-bond acceptors (Lipinski definition) is 4. The second-order valence-electron chi connectivity index (χ2n) is 9.90. The number of piperazine rings is 1. The fraction of sp³-hybridized carbons (Fsp3) is 0.464. The molecule has 1 heterocycles. The third-order valence-corrected chi connectivity index (χ3v) is 7.11. The number of nitrogens with zero attached hydrogens (tertiary/aromatic N) is 3. The van der Waals surface area contributed by atoms with Crippen molar-refractivity contribution >= 4 is 29.1 Å². The van der Waals surface area contributed by atoms with Crippen molar-refractivity contribution in [2.24, 2.45) is 5.92 Å². The van der Waals surface area contributed by atoms with Crippen molar-refractivity contribution in [3.63, 3.8) is 0 Å². The Kier molecular flexibility index (Phi) is 8.23. The maximum Gasteiger partial charge on any atom is 0.256 e. The van der Waals surface area contributed by atoms with Crippen LogP contribution in [-0.4, -0.2) is 66.3 Å². The predicted molar refractivity (Wildman–Crippen MR) is 138 cm³/mol. The largest absolute Gasteiger partial charge is 0.368 e. The number of amides is 3. The summed E-state index contributed by atoms with van der Waals surface area (Å²) in [7, 11) is 0. The zero-order valence-corrected chi connectivity index (χ0v) is 21.1. The summed E-state index contributed by atoms with van der Waals surface area (Å²) in [6.45, 7) is 6.22. The first-order chi connectivity index (χ1) is 17.3. The topological polar surface area (TPSA) is 73.0 Å². The molecule has 2 aromatic rings. The normalized spacial score (nSPS) is 16.3. The fourth-order valence-electron chi connectivity index (χ4n) is 5.01.